The molecular formula is C24H17ClF3N9O. The number of carbonyl (C=O) groups is 1. The first-order valence-corrected chi connectivity index (χ1v) is 11.7. The van der Waals surface area contributed by atoms with Gasteiger partial charge < -0.3 is 5.32 Å². The number of nitrogens with one attached hydrogen (secondary N) is 1. The highest BCUT2D eigenvalue weighted by molar-refractivity contribution is 6.33. The molecule has 0 fully saturated rings. The molecule has 5 aromatic rings. The first-order chi connectivity index (χ1) is 18.2. The van der Waals surface area contributed by atoms with Crippen molar-refractivity contribution in [3.05, 3.63) is 83.2 Å². The number of hydrogen-bond acceptors (Lipinski definition) is 7. The highest BCUT2D eigenvalue weighted by Gasteiger charge is 2.48. The van der Waals surface area contributed by atoms with E-state index < -0.39 is 29.7 Å². The Balaban J connectivity index is 1.37. The second-order valence-corrected chi connectivity index (χ2v) is 9.40. The van der Waals surface area contributed by atoms with Gasteiger partial charge in [-0.15, -0.1) is 5.10 Å². The van der Waals surface area contributed by atoms with Gasteiger partial charge in [0.05, 0.1) is 34.7 Å². The third-order valence-electron chi connectivity index (χ3n) is 6.63. The Morgan fingerprint density at radius 1 is 1.16 bits per heavy atom. The molecule has 14 heteroatoms. The third kappa shape index (κ3) is 3.86. The summed E-state index contributed by atoms with van der Waals surface area (Å²) in [4.78, 5) is 30.3. The molecule has 5 aromatic heterocycles. The van der Waals surface area contributed by atoms with E-state index in [4.69, 9.17) is 11.6 Å². The molecule has 0 radical (unpaired) electrons. The smallest absolute Gasteiger partial charge is 0.324 e. The lowest BCUT2D eigenvalue weighted by atomic mass is 9.80. The lowest BCUT2D eigenvalue weighted by molar-refractivity contribution is -0.117. The minimum absolute atomic E-state index is 0.169. The average Bonchev–Trinajstić information content (AvgIpc) is 3.60. The summed E-state index contributed by atoms with van der Waals surface area (Å²) in [6.45, 7) is -1.06. The molecule has 1 N–H and O–H groups in total. The number of aromatic nitrogens is 8. The maximum absolute atomic E-state index is 14.1. The largest absolute Gasteiger partial charge is 0.333 e. The van der Waals surface area contributed by atoms with Gasteiger partial charge in [-0.3, -0.25) is 4.79 Å². The predicted octanol–water partition coefficient (Wildman–Crippen LogP) is 4.40. The summed E-state index contributed by atoms with van der Waals surface area (Å²) in [5.74, 6) is -1.61. The highest BCUT2D eigenvalue weighted by Crippen LogP contribution is 2.50. The number of amides is 1. The van der Waals surface area contributed by atoms with E-state index in [1.54, 1.807) is 25.4 Å². The second-order valence-electron chi connectivity index (χ2n) is 8.99. The molecule has 0 unspecified atom stereocenters. The van der Waals surface area contributed by atoms with Crippen molar-refractivity contribution in [2.24, 2.45) is 0 Å². The van der Waals surface area contributed by atoms with Crippen molar-refractivity contribution >= 4 is 28.8 Å². The fraction of sp³-hybridized carbons (Fsp3) is 0.208. The molecule has 1 aliphatic rings. The molecule has 0 saturated heterocycles. The Hall–Kier alpha value is -4.39. The number of halogens is 4. The van der Waals surface area contributed by atoms with Crippen LogP contribution in [0.4, 0.5) is 18.9 Å². The lowest BCUT2D eigenvalue weighted by Gasteiger charge is -2.24. The number of alkyl halides is 2. The topological polar surface area (TPSA) is 116 Å². The maximum Gasteiger partial charge on any atom is 0.333 e. The summed E-state index contributed by atoms with van der Waals surface area (Å²) < 4.78 is 42.5. The van der Waals surface area contributed by atoms with Crippen LogP contribution in [0.3, 0.4) is 0 Å². The third-order valence-corrected chi connectivity index (χ3v) is 6.92. The fourth-order valence-corrected chi connectivity index (χ4v) is 5.13. The van der Waals surface area contributed by atoms with Crippen LogP contribution in [0.15, 0.2) is 55.4 Å². The number of nitrogens with zero attached hydrogens (tertiary/aromatic N) is 8. The number of hydrogen-bond donors (Lipinski definition) is 1. The van der Waals surface area contributed by atoms with Crippen molar-refractivity contribution in [3.8, 4) is 11.5 Å². The Morgan fingerprint density at radius 3 is 2.66 bits per heavy atom. The molecule has 0 bridgehead atoms. The van der Waals surface area contributed by atoms with E-state index in [-0.39, 0.29) is 17.1 Å². The van der Waals surface area contributed by atoms with Crippen LogP contribution in [-0.4, -0.2) is 45.2 Å². The first kappa shape index (κ1) is 24.0. The SMILES string of the molecule is C[C@@]1(c2cnn(C(F)F)c2)C[C@@H](C(=O)Nc2cnc(-c3ncccn3)c(Cl)c2)c2cnc3cc(F)nn3c21. The maximum atomic E-state index is 14.1. The van der Waals surface area contributed by atoms with E-state index in [2.05, 4.69) is 35.5 Å². The van der Waals surface area contributed by atoms with E-state index in [1.807, 2.05) is 0 Å². The van der Waals surface area contributed by atoms with Gasteiger partial charge in [-0.25, -0.2) is 29.1 Å². The van der Waals surface area contributed by atoms with Gasteiger partial charge in [-0.1, -0.05) is 11.6 Å². The second kappa shape index (κ2) is 8.87. The van der Waals surface area contributed by atoms with Gasteiger partial charge in [0.1, 0.15) is 5.69 Å². The average molecular weight is 540 g/mol. The number of carbonyl (C=O) groups excluding carboxylic acids is 1. The Bertz CT molecular complexity index is 1690. The summed E-state index contributed by atoms with van der Waals surface area (Å²) in [6, 6.07) is 4.35. The van der Waals surface area contributed by atoms with Gasteiger partial charge in [-0.05, 0) is 25.5 Å². The molecule has 38 heavy (non-hydrogen) atoms. The normalized spacial score (nSPS) is 18.7. The van der Waals surface area contributed by atoms with Crippen LogP contribution in [0, 0.1) is 5.95 Å². The summed E-state index contributed by atoms with van der Waals surface area (Å²) in [6.07, 6.45) is 8.74. The highest BCUT2D eigenvalue weighted by atomic mass is 35.5. The minimum atomic E-state index is -2.84. The number of anilines is 1. The lowest BCUT2D eigenvalue weighted by Crippen LogP contribution is -2.25. The van der Waals surface area contributed by atoms with Crippen LogP contribution in [-0.2, 0) is 10.2 Å². The van der Waals surface area contributed by atoms with Gasteiger partial charge in [-0.2, -0.15) is 18.3 Å². The number of rotatable bonds is 5. The summed E-state index contributed by atoms with van der Waals surface area (Å²) in [5.41, 5.74) is 1.28. The molecule has 6 rings (SSSR count). The molecule has 1 aliphatic carbocycles. The van der Waals surface area contributed by atoms with Gasteiger partial charge in [0, 0.05) is 47.4 Å². The fourth-order valence-electron chi connectivity index (χ4n) is 4.88. The molecule has 192 valence electrons. The summed E-state index contributed by atoms with van der Waals surface area (Å²) in [7, 11) is 0. The van der Waals surface area contributed by atoms with Crippen molar-refractivity contribution in [2.75, 3.05) is 5.32 Å². The number of fused-ring (bicyclic) bond motifs is 3. The van der Waals surface area contributed by atoms with E-state index >= 15 is 0 Å². The van der Waals surface area contributed by atoms with Crippen molar-refractivity contribution in [1.29, 1.82) is 0 Å². The van der Waals surface area contributed by atoms with Crippen molar-refractivity contribution < 1.29 is 18.0 Å². The zero-order valence-electron chi connectivity index (χ0n) is 19.6. The molecule has 5 heterocycles. The molecule has 0 aliphatic heterocycles. The van der Waals surface area contributed by atoms with Crippen LogP contribution < -0.4 is 5.32 Å². The predicted molar refractivity (Wildman–Crippen MR) is 129 cm³/mol. The molecule has 0 spiro atoms. The molecule has 10 nitrogen and oxygen atoms in total. The molecule has 2 atom stereocenters. The Kier molecular flexibility index (Phi) is 5.60. The van der Waals surface area contributed by atoms with Crippen molar-refractivity contribution in [2.45, 2.75) is 31.2 Å². The van der Waals surface area contributed by atoms with Crippen LogP contribution in [0.2, 0.25) is 5.02 Å². The van der Waals surface area contributed by atoms with E-state index in [0.29, 0.717) is 38.7 Å². The molecule has 1 amide bonds. The van der Waals surface area contributed by atoms with Crippen molar-refractivity contribution in [3.63, 3.8) is 0 Å². The monoisotopic (exact) mass is 539 g/mol. The molecule has 0 aromatic carbocycles. The minimum Gasteiger partial charge on any atom is -0.324 e. The zero-order valence-corrected chi connectivity index (χ0v) is 20.3. The molecule has 0 saturated carbocycles. The standard InChI is InChI=1S/C24H17ClF3N9O/c1-24(12-8-33-36(11-12)23(27)28)7-14(15-10-31-18-6-17(26)35-37(18)20(15)24)22(38)34-13-5-16(25)19(32-9-13)21-29-3-2-4-30-21/h2-6,8-11,14,23H,7H2,1H3,(H,34,38)/t14-,24+/m1/s1. The number of pyridine rings is 1. The van der Waals surface area contributed by atoms with Crippen LogP contribution in [0.1, 0.15) is 42.6 Å². The van der Waals surface area contributed by atoms with Gasteiger partial charge in [0.15, 0.2) is 11.5 Å². The summed E-state index contributed by atoms with van der Waals surface area (Å²) >= 11 is 6.39. The quantitative estimate of drug-likeness (QED) is 0.352. The van der Waals surface area contributed by atoms with E-state index in [9.17, 15) is 18.0 Å². The van der Waals surface area contributed by atoms with Gasteiger partial charge in [0.25, 0.3) is 0 Å². The van der Waals surface area contributed by atoms with Crippen LogP contribution in [0.5, 0.6) is 0 Å². The van der Waals surface area contributed by atoms with Gasteiger partial charge >= 0.3 is 6.55 Å². The van der Waals surface area contributed by atoms with Crippen LogP contribution >= 0.6 is 11.6 Å². The Morgan fingerprint density at radius 2 is 1.95 bits per heavy atom. The molecular weight excluding hydrogens is 523 g/mol. The van der Waals surface area contributed by atoms with Gasteiger partial charge in [0.2, 0.25) is 11.9 Å². The summed E-state index contributed by atoms with van der Waals surface area (Å²) in [5, 5.41) is 10.7. The van der Waals surface area contributed by atoms with Crippen LogP contribution in [0.25, 0.3) is 17.2 Å². The first-order valence-electron chi connectivity index (χ1n) is 11.4. The Labute approximate surface area is 217 Å². The zero-order chi connectivity index (χ0) is 26.6. The van der Waals surface area contributed by atoms with E-state index in [0.717, 1.165) is 6.07 Å². The van der Waals surface area contributed by atoms with E-state index in [1.165, 1.54) is 35.4 Å². The van der Waals surface area contributed by atoms with Crippen molar-refractivity contribution in [1.82, 2.24) is 39.3 Å².